The van der Waals surface area contributed by atoms with Gasteiger partial charge in [-0.25, -0.2) is 18.2 Å². The zero-order valence-electron chi connectivity index (χ0n) is 15.6. The molecule has 3 rings (SSSR count). The fraction of sp³-hybridized carbons (Fsp3) is 0.105. The molecular formula is C19H11F6N3O4. The van der Waals surface area contributed by atoms with E-state index in [4.69, 9.17) is 9.94 Å². The van der Waals surface area contributed by atoms with Gasteiger partial charge in [0.1, 0.15) is 28.6 Å². The third kappa shape index (κ3) is 5.56. The predicted octanol–water partition coefficient (Wildman–Crippen LogP) is 4.63. The minimum absolute atomic E-state index is 0.123. The van der Waals surface area contributed by atoms with E-state index >= 15 is 0 Å². The average Bonchev–Trinajstić information content (AvgIpc) is 2.70. The Labute approximate surface area is 174 Å². The molecule has 0 radical (unpaired) electrons. The van der Waals surface area contributed by atoms with Gasteiger partial charge in [0, 0.05) is 0 Å². The lowest BCUT2D eigenvalue weighted by molar-refractivity contribution is -0.274. The normalized spacial score (nSPS) is 12.2. The van der Waals surface area contributed by atoms with Crippen molar-refractivity contribution in [2.75, 3.05) is 0 Å². The summed E-state index contributed by atoms with van der Waals surface area (Å²) in [5, 5.41) is 12.4. The van der Waals surface area contributed by atoms with Gasteiger partial charge in [0.25, 0.3) is 12.3 Å². The molecule has 0 aliphatic rings. The van der Waals surface area contributed by atoms with Gasteiger partial charge in [-0.15, -0.1) is 23.1 Å². The quantitative estimate of drug-likeness (QED) is 0.444. The third-order valence-electron chi connectivity index (χ3n) is 3.79. The molecule has 0 unspecified atom stereocenters. The monoisotopic (exact) mass is 459 g/mol. The van der Waals surface area contributed by atoms with E-state index in [1.54, 1.807) is 0 Å². The van der Waals surface area contributed by atoms with Crippen molar-refractivity contribution in [1.29, 1.82) is 0 Å². The van der Waals surface area contributed by atoms with Crippen LogP contribution in [0.4, 0.5) is 26.3 Å². The molecule has 13 heteroatoms. The average molecular weight is 459 g/mol. The lowest BCUT2D eigenvalue weighted by atomic mass is 10.1. The number of rotatable bonds is 5. The first-order valence-electron chi connectivity index (χ1n) is 8.51. The van der Waals surface area contributed by atoms with Gasteiger partial charge >= 0.3 is 6.36 Å². The fourth-order valence-corrected chi connectivity index (χ4v) is 2.45. The summed E-state index contributed by atoms with van der Waals surface area (Å²) in [4.78, 5) is 16.5. The topological polar surface area (TPSA) is 85.9 Å². The number of benzene rings is 2. The molecule has 1 aromatic heterocycles. The van der Waals surface area contributed by atoms with Gasteiger partial charge in [0.05, 0.1) is 23.3 Å². The van der Waals surface area contributed by atoms with E-state index < -0.39 is 47.1 Å². The first-order valence-corrected chi connectivity index (χ1v) is 8.51. The van der Waals surface area contributed by atoms with Gasteiger partial charge in [0.2, 0.25) is 0 Å². The lowest BCUT2D eigenvalue weighted by Crippen LogP contribution is -2.16. The van der Waals surface area contributed by atoms with Crippen LogP contribution >= 0.6 is 0 Å². The van der Waals surface area contributed by atoms with E-state index in [-0.39, 0.29) is 11.1 Å². The molecule has 0 saturated carbocycles. The SMILES string of the molecule is O=C(N=c1ccn(O)nc1)c1c(Oc2ccc(OC(F)(F)F)cc2)ccc(C(F)F)c1F. The van der Waals surface area contributed by atoms with Crippen LogP contribution in [0, 0.1) is 5.82 Å². The first kappa shape index (κ1) is 22.7. The van der Waals surface area contributed by atoms with Gasteiger partial charge in [-0.2, -0.15) is 0 Å². The summed E-state index contributed by atoms with van der Waals surface area (Å²) in [7, 11) is 0. The number of ether oxygens (including phenoxy) is 2. The highest BCUT2D eigenvalue weighted by Gasteiger charge is 2.31. The third-order valence-corrected chi connectivity index (χ3v) is 3.79. The predicted molar refractivity (Wildman–Crippen MR) is 93.9 cm³/mol. The molecule has 1 N–H and O–H groups in total. The second-order valence-corrected chi connectivity index (χ2v) is 5.99. The number of hydrogen-bond acceptors (Lipinski definition) is 5. The van der Waals surface area contributed by atoms with Gasteiger partial charge in [-0.1, -0.05) is 0 Å². The number of aromatic nitrogens is 2. The molecule has 168 valence electrons. The Kier molecular flexibility index (Phi) is 6.37. The molecule has 0 atom stereocenters. The molecule has 3 aromatic rings. The number of halogens is 6. The molecule has 2 aromatic carbocycles. The van der Waals surface area contributed by atoms with Crippen molar-refractivity contribution in [3.05, 3.63) is 77.2 Å². The Balaban J connectivity index is 1.99. The van der Waals surface area contributed by atoms with Crippen molar-refractivity contribution in [2.24, 2.45) is 4.99 Å². The number of carbonyl (C=O) groups excluding carboxylic acids is 1. The smallest absolute Gasteiger partial charge is 0.456 e. The second kappa shape index (κ2) is 8.99. The summed E-state index contributed by atoms with van der Waals surface area (Å²) < 4.78 is 86.7. The van der Waals surface area contributed by atoms with E-state index in [1.165, 1.54) is 0 Å². The molecule has 0 fully saturated rings. The molecule has 1 amide bonds. The van der Waals surface area contributed by atoms with Crippen LogP contribution in [-0.2, 0) is 0 Å². The number of carbonyl (C=O) groups is 1. The van der Waals surface area contributed by atoms with E-state index in [2.05, 4.69) is 14.8 Å². The highest BCUT2D eigenvalue weighted by atomic mass is 19.4. The van der Waals surface area contributed by atoms with Gasteiger partial charge in [-0.3, -0.25) is 4.79 Å². The summed E-state index contributed by atoms with van der Waals surface area (Å²) >= 11 is 0. The van der Waals surface area contributed by atoms with E-state index in [1.807, 2.05) is 0 Å². The van der Waals surface area contributed by atoms with E-state index in [9.17, 15) is 31.1 Å². The van der Waals surface area contributed by atoms with Crippen molar-refractivity contribution >= 4 is 5.91 Å². The molecule has 7 nitrogen and oxygen atoms in total. The minimum atomic E-state index is -4.92. The van der Waals surface area contributed by atoms with Gasteiger partial charge in [0.15, 0.2) is 0 Å². The molecule has 0 aliphatic heterocycles. The van der Waals surface area contributed by atoms with Crippen LogP contribution in [0.3, 0.4) is 0 Å². The van der Waals surface area contributed by atoms with Crippen molar-refractivity contribution in [3.63, 3.8) is 0 Å². The zero-order chi connectivity index (χ0) is 23.5. The summed E-state index contributed by atoms with van der Waals surface area (Å²) in [6.07, 6.45) is -6.20. The number of amides is 1. The maximum absolute atomic E-state index is 14.7. The van der Waals surface area contributed by atoms with Crippen LogP contribution < -0.4 is 14.8 Å². The maximum atomic E-state index is 14.7. The van der Waals surface area contributed by atoms with Crippen molar-refractivity contribution < 1.29 is 45.8 Å². The molecule has 0 bridgehead atoms. The number of nitrogens with zero attached hydrogens (tertiary/aromatic N) is 3. The van der Waals surface area contributed by atoms with Gasteiger partial charge in [-0.05, 0) is 42.5 Å². The first-order chi connectivity index (χ1) is 15.0. The summed E-state index contributed by atoms with van der Waals surface area (Å²) in [5.41, 5.74) is -2.01. The molecule has 1 heterocycles. The fourth-order valence-electron chi connectivity index (χ4n) is 2.45. The number of hydrogen-bond donors (Lipinski definition) is 1. The largest absolute Gasteiger partial charge is 0.573 e. The molecule has 0 aliphatic carbocycles. The minimum Gasteiger partial charge on any atom is -0.456 e. The highest BCUT2D eigenvalue weighted by molar-refractivity contribution is 5.98. The zero-order valence-corrected chi connectivity index (χ0v) is 15.6. The Hall–Kier alpha value is -4.03. The van der Waals surface area contributed by atoms with E-state index in [0.717, 1.165) is 48.8 Å². The maximum Gasteiger partial charge on any atom is 0.573 e. The molecule has 0 saturated heterocycles. The van der Waals surface area contributed by atoms with Crippen LogP contribution in [0.1, 0.15) is 22.3 Å². The van der Waals surface area contributed by atoms with Crippen LogP contribution in [0.15, 0.2) is 59.9 Å². The van der Waals surface area contributed by atoms with Crippen LogP contribution in [0.25, 0.3) is 0 Å². The molecule has 0 spiro atoms. The Morgan fingerprint density at radius 2 is 1.72 bits per heavy atom. The lowest BCUT2D eigenvalue weighted by Gasteiger charge is -2.13. The summed E-state index contributed by atoms with van der Waals surface area (Å²) in [6, 6.07) is 6.61. The van der Waals surface area contributed by atoms with Crippen molar-refractivity contribution in [1.82, 2.24) is 9.94 Å². The highest BCUT2D eigenvalue weighted by Crippen LogP contribution is 2.34. The second-order valence-electron chi connectivity index (χ2n) is 5.99. The standard InChI is InChI=1S/C19H11F6N3O4/c20-16-13(17(21)22)5-6-14(15(16)18(29)27-10-7-8-28(30)26-9-10)31-11-1-3-12(4-2-11)32-19(23,24)25/h1-9,17,30H. The summed E-state index contributed by atoms with van der Waals surface area (Å²) in [5.74, 6) is -4.08. The summed E-state index contributed by atoms with van der Waals surface area (Å²) in [6.45, 7) is 0. The molecule has 32 heavy (non-hydrogen) atoms. The Morgan fingerprint density at radius 3 is 2.28 bits per heavy atom. The Bertz CT molecular complexity index is 1170. The van der Waals surface area contributed by atoms with Crippen LogP contribution in [0.2, 0.25) is 0 Å². The van der Waals surface area contributed by atoms with Crippen molar-refractivity contribution in [2.45, 2.75) is 12.8 Å². The van der Waals surface area contributed by atoms with E-state index in [0.29, 0.717) is 10.9 Å². The van der Waals surface area contributed by atoms with Gasteiger partial charge < -0.3 is 14.7 Å². The Morgan fingerprint density at radius 1 is 1.06 bits per heavy atom. The number of alkyl halides is 5. The molecular weight excluding hydrogens is 448 g/mol. The van der Waals surface area contributed by atoms with Crippen LogP contribution in [-0.4, -0.2) is 27.4 Å². The van der Waals surface area contributed by atoms with Crippen molar-refractivity contribution in [3.8, 4) is 17.2 Å². The van der Waals surface area contributed by atoms with Crippen LogP contribution in [0.5, 0.6) is 17.2 Å².